The van der Waals surface area contributed by atoms with E-state index in [0.717, 1.165) is 33.9 Å². The second-order valence-corrected chi connectivity index (χ2v) is 11.9. The Hall–Kier alpha value is -3.05. The molecule has 1 atom stereocenters. The Morgan fingerprint density at radius 2 is 1.22 bits per heavy atom. The number of nitrogens with zero attached hydrogens (tertiary/aromatic N) is 2. The summed E-state index contributed by atoms with van der Waals surface area (Å²) in [4.78, 5) is 10.3. The van der Waals surface area contributed by atoms with Crippen molar-refractivity contribution in [1.29, 1.82) is 0 Å². The largest absolute Gasteiger partial charge is 0.241 e. The van der Waals surface area contributed by atoms with Gasteiger partial charge in [-0.3, -0.25) is 0 Å². The van der Waals surface area contributed by atoms with Crippen LogP contribution in [-0.2, 0) is 11.8 Å². The van der Waals surface area contributed by atoms with E-state index >= 15 is 0 Å². The molecule has 5 heteroatoms. The summed E-state index contributed by atoms with van der Waals surface area (Å²) in [6, 6.07) is 34.7. The van der Waals surface area contributed by atoms with E-state index in [9.17, 15) is 0 Å². The second kappa shape index (κ2) is 8.81. The fraction of sp³-hybridized carbons (Fsp3) is 0.161. The van der Waals surface area contributed by atoms with Crippen molar-refractivity contribution < 1.29 is 0 Å². The Labute approximate surface area is 223 Å². The first-order chi connectivity index (χ1) is 17.8. The highest BCUT2D eigenvalue weighted by Crippen LogP contribution is 2.58. The molecule has 1 aliphatic rings. The number of hydrogen-bond acceptors (Lipinski definition) is 4. The summed E-state index contributed by atoms with van der Waals surface area (Å²) < 4.78 is 2.46. The van der Waals surface area contributed by atoms with Gasteiger partial charge in [0, 0.05) is 23.6 Å². The molecule has 0 saturated heterocycles. The minimum absolute atomic E-state index is 0.129. The van der Waals surface area contributed by atoms with E-state index < -0.39 is 0 Å². The van der Waals surface area contributed by atoms with Gasteiger partial charge in [-0.05, 0) is 52.9 Å². The molecule has 0 fully saturated rings. The van der Waals surface area contributed by atoms with Crippen LogP contribution in [-0.4, -0.2) is 15.8 Å². The molecule has 4 aromatic carbocycles. The minimum Gasteiger partial charge on any atom is -0.241 e. The van der Waals surface area contributed by atoms with Gasteiger partial charge in [0.1, 0.15) is 0 Å². The van der Waals surface area contributed by atoms with Gasteiger partial charge in [0.2, 0.25) is 0 Å². The molecular weight excluding hydrogens is 500 g/mol. The molecule has 2 aromatic heterocycles. The summed E-state index contributed by atoms with van der Waals surface area (Å²) in [5.41, 5.74) is 7.18. The Bertz CT molecular complexity index is 1610. The molecule has 36 heavy (non-hydrogen) atoms. The molecule has 2 heterocycles. The van der Waals surface area contributed by atoms with E-state index in [1.165, 1.54) is 31.7 Å². The van der Waals surface area contributed by atoms with Crippen LogP contribution in [0.25, 0.3) is 31.6 Å². The average Bonchev–Trinajstić information content (AvgIpc) is 3.60. The number of benzene rings is 4. The molecule has 0 saturated carbocycles. The Kier molecular flexibility index (Phi) is 5.42. The van der Waals surface area contributed by atoms with Gasteiger partial charge in [-0.25, -0.2) is 9.97 Å². The van der Waals surface area contributed by atoms with Gasteiger partial charge in [-0.2, -0.15) is 0 Å². The fourth-order valence-corrected chi connectivity index (χ4v) is 8.49. The van der Waals surface area contributed by atoms with Crippen LogP contribution < -0.4 is 0 Å². The van der Waals surface area contributed by atoms with Gasteiger partial charge < -0.3 is 0 Å². The van der Waals surface area contributed by atoms with E-state index in [1.807, 2.05) is 11.3 Å². The third kappa shape index (κ3) is 3.36. The molecule has 0 aliphatic heterocycles. The summed E-state index contributed by atoms with van der Waals surface area (Å²) in [6.45, 7) is 0. The lowest BCUT2D eigenvalue weighted by atomic mass is 9.65. The molecule has 1 unspecified atom stereocenters. The van der Waals surface area contributed by atoms with Gasteiger partial charge in [0.05, 0.1) is 30.4 Å². The van der Waals surface area contributed by atoms with Crippen molar-refractivity contribution in [2.75, 3.05) is 5.88 Å². The third-order valence-electron chi connectivity index (χ3n) is 7.47. The molecular formula is C31H23ClN2S2. The molecule has 0 N–H and O–H groups in total. The SMILES string of the molecule is ClCCC(c1nc2ccccc2s1)C1(Cc2nc3ccccc3s2)c2ccccc2-c2ccccc21. The van der Waals surface area contributed by atoms with Crippen LogP contribution in [0.4, 0.5) is 0 Å². The van der Waals surface area contributed by atoms with Crippen LogP contribution in [0.2, 0.25) is 0 Å². The average molecular weight is 523 g/mol. The lowest BCUT2D eigenvalue weighted by Gasteiger charge is -2.38. The number of fused-ring (bicyclic) bond motifs is 5. The molecule has 1 aliphatic carbocycles. The number of para-hydroxylation sites is 2. The maximum Gasteiger partial charge on any atom is 0.0982 e. The van der Waals surface area contributed by atoms with E-state index in [1.54, 1.807) is 11.3 Å². The number of alkyl halides is 1. The van der Waals surface area contributed by atoms with Crippen LogP contribution in [0.5, 0.6) is 0 Å². The van der Waals surface area contributed by atoms with Crippen LogP contribution >= 0.6 is 34.3 Å². The highest BCUT2D eigenvalue weighted by molar-refractivity contribution is 7.19. The molecule has 176 valence electrons. The second-order valence-electron chi connectivity index (χ2n) is 9.36. The number of rotatable bonds is 6. The number of halogens is 1. The van der Waals surface area contributed by atoms with Gasteiger partial charge in [-0.1, -0.05) is 72.8 Å². The van der Waals surface area contributed by atoms with Gasteiger partial charge >= 0.3 is 0 Å². The van der Waals surface area contributed by atoms with Crippen molar-refractivity contribution >= 4 is 54.7 Å². The number of thiazole rings is 2. The highest BCUT2D eigenvalue weighted by atomic mass is 35.5. The molecule has 0 radical (unpaired) electrons. The summed E-state index contributed by atoms with van der Waals surface area (Å²) in [5, 5.41) is 2.31. The van der Waals surface area contributed by atoms with E-state index in [4.69, 9.17) is 21.6 Å². The van der Waals surface area contributed by atoms with Crippen molar-refractivity contribution in [1.82, 2.24) is 9.97 Å². The monoisotopic (exact) mass is 522 g/mol. The molecule has 7 rings (SSSR count). The topological polar surface area (TPSA) is 25.8 Å². The first-order valence-corrected chi connectivity index (χ1v) is 14.4. The van der Waals surface area contributed by atoms with E-state index in [2.05, 4.69) is 97.1 Å². The van der Waals surface area contributed by atoms with Crippen molar-refractivity contribution in [3.8, 4) is 11.1 Å². The first-order valence-electron chi connectivity index (χ1n) is 12.2. The van der Waals surface area contributed by atoms with E-state index in [0.29, 0.717) is 5.88 Å². The Morgan fingerprint density at radius 3 is 1.83 bits per heavy atom. The van der Waals surface area contributed by atoms with Gasteiger partial charge in [0.25, 0.3) is 0 Å². The van der Waals surface area contributed by atoms with Crippen LogP contribution in [0.15, 0.2) is 97.1 Å². The molecule has 6 aromatic rings. The van der Waals surface area contributed by atoms with Crippen LogP contribution in [0.3, 0.4) is 0 Å². The van der Waals surface area contributed by atoms with Gasteiger partial charge in [0.15, 0.2) is 0 Å². The number of aromatic nitrogens is 2. The Morgan fingerprint density at radius 1 is 0.667 bits per heavy atom. The highest BCUT2D eigenvalue weighted by Gasteiger charge is 2.50. The molecule has 2 nitrogen and oxygen atoms in total. The quantitative estimate of drug-likeness (QED) is 0.204. The minimum atomic E-state index is -0.302. The smallest absolute Gasteiger partial charge is 0.0982 e. The molecule has 0 bridgehead atoms. The Balaban J connectivity index is 1.51. The summed E-state index contributed by atoms with van der Waals surface area (Å²) in [6.07, 6.45) is 1.66. The lowest BCUT2D eigenvalue weighted by Crippen LogP contribution is -2.36. The summed E-state index contributed by atoms with van der Waals surface area (Å²) >= 11 is 10.2. The fourth-order valence-electron chi connectivity index (χ4n) is 6.01. The maximum atomic E-state index is 6.57. The standard InChI is InChI=1S/C31H23ClN2S2/c32-18-17-24(30-34-26-14-6-8-16-28(26)36-30)31(19-29-33-25-13-5-7-15-27(25)35-29)22-11-3-1-9-20(22)21-10-2-4-12-23(21)31/h1-16,24H,17-19H2. The van der Waals surface area contributed by atoms with Crippen LogP contribution in [0.1, 0.15) is 33.5 Å². The normalized spacial score (nSPS) is 14.7. The predicted molar refractivity (Wildman–Crippen MR) is 154 cm³/mol. The lowest BCUT2D eigenvalue weighted by molar-refractivity contribution is 0.404. The summed E-state index contributed by atoms with van der Waals surface area (Å²) in [7, 11) is 0. The third-order valence-corrected chi connectivity index (χ3v) is 9.88. The van der Waals surface area contributed by atoms with Crippen molar-refractivity contribution in [3.63, 3.8) is 0 Å². The first kappa shape index (κ1) is 22.2. The van der Waals surface area contributed by atoms with Crippen molar-refractivity contribution in [2.24, 2.45) is 0 Å². The number of hydrogen-bond donors (Lipinski definition) is 0. The van der Waals surface area contributed by atoms with Crippen molar-refractivity contribution in [3.05, 3.63) is 118 Å². The van der Waals surface area contributed by atoms with Crippen molar-refractivity contribution in [2.45, 2.75) is 24.2 Å². The molecule has 0 spiro atoms. The van der Waals surface area contributed by atoms with E-state index in [-0.39, 0.29) is 11.3 Å². The maximum absolute atomic E-state index is 6.57. The summed E-state index contributed by atoms with van der Waals surface area (Å²) in [5.74, 6) is 0.705. The predicted octanol–water partition coefficient (Wildman–Crippen LogP) is 8.83. The zero-order chi connectivity index (χ0) is 24.1. The molecule has 0 amide bonds. The zero-order valence-corrected chi connectivity index (χ0v) is 21.9. The van der Waals surface area contributed by atoms with Gasteiger partial charge in [-0.15, -0.1) is 34.3 Å². The zero-order valence-electron chi connectivity index (χ0n) is 19.5. The van der Waals surface area contributed by atoms with Crippen LogP contribution in [0, 0.1) is 0 Å².